The molecule has 0 fully saturated rings. The van der Waals surface area contributed by atoms with Crippen LogP contribution in [-0.4, -0.2) is 22.9 Å². The molecular formula is C16H15N3O3. The third-order valence-corrected chi connectivity index (χ3v) is 2.86. The van der Waals surface area contributed by atoms with Crippen molar-refractivity contribution in [3.63, 3.8) is 0 Å². The van der Waals surface area contributed by atoms with Crippen LogP contribution in [-0.2, 0) is 4.74 Å². The van der Waals surface area contributed by atoms with E-state index in [1.807, 2.05) is 6.92 Å². The molecule has 112 valence electrons. The fourth-order valence-electron chi connectivity index (χ4n) is 1.83. The van der Waals surface area contributed by atoms with Crippen molar-refractivity contribution in [1.82, 2.24) is 10.2 Å². The highest BCUT2D eigenvalue weighted by molar-refractivity contribution is 5.85. The number of nitrogens with zero attached hydrogens (tertiary/aromatic N) is 1. The standard InChI is InChI=1S/C16H15N3O3/c1-3-4-9-22-16(21)17-13-7-5-12(6-8-13)15-11(2)10-14(20)18-19-15/h5-8,10H,9H2,1-2H3,(H,17,21)(H,18,20). The zero-order valence-electron chi connectivity index (χ0n) is 12.3. The second-order valence-electron chi connectivity index (χ2n) is 4.47. The van der Waals surface area contributed by atoms with Gasteiger partial charge >= 0.3 is 6.09 Å². The number of anilines is 1. The second kappa shape index (κ2) is 7.09. The van der Waals surface area contributed by atoms with Gasteiger partial charge in [0.05, 0.1) is 5.69 Å². The number of carbonyl (C=O) groups excluding carboxylic acids is 1. The first-order valence-electron chi connectivity index (χ1n) is 6.60. The van der Waals surface area contributed by atoms with Gasteiger partial charge in [-0.1, -0.05) is 18.1 Å². The second-order valence-corrected chi connectivity index (χ2v) is 4.47. The van der Waals surface area contributed by atoms with Crippen molar-refractivity contribution >= 4 is 11.8 Å². The Hall–Kier alpha value is -3.07. The van der Waals surface area contributed by atoms with Gasteiger partial charge in [-0.25, -0.2) is 9.89 Å². The summed E-state index contributed by atoms with van der Waals surface area (Å²) >= 11 is 0. The lowest BCUT2D eigenvalue weighted by Gasteiger charge is -2.07. The molecule has 0 spiro atoms. The summed E-state index contributed by atoms with van der Waals surface area (Å²) in [5.74, 6) is 5.27. The minimum atomic E-state index is -0.561. The summed E-state index contributed by atoms with van der Waals surface area (Å²) in [5, 5.41) is 9.03. The fraction of sp³-hybridized carbons (Fsp3) is 0.188. The number of aromatic nitrogens is 2. The number of ether oxygens (including phenoxy) is 1. The molecule has 22 heavy (non-hydrogen) atoms. The van der Waals surface area contributed by atoms with E-state index in [9.17, 15) is 9.59 Å². The topological polar surface area (TPSA) is 84.1 Å². The fourth-order valence-corrected chi connectivity index (χ4v) is 1.83. The van der Waals surface area contributed by atoms with Crippen LogP contribution in [0, 0.1) is 18.8 Å². The van der Waals surface area contributed by atoms with Gasteiger partial charge in [0.25, 0.3) is 5.56 Å². The molecule has 0 radical (unpaired) electrons. The molecule has 0 atom stereocenters. The Labute approximate surface area is 127 Å². The molecule has 0 aliphatic carbocycles. The van der Waals surface area contributed by atoms with Crippen molar-refractivity contribution in [3.05, 3.63) is 46.2 Å². The summed E-state index contributed by atoms with van der Waals surface area (Å²) in [6.45, 7) is 3.55. The van der Waals surface area contributed by atoms with Crippen LogP contribution < -0.4 is 10.9 Å². The summed E-state index contributed by atoms with van der Waals surface area (Å²) in [4.78, 5) is 22.6. The highest BCUT2D eigenvalue weighted by Crippen LogP contribution is 2.21. The molecule has 6 nitrogen and oxygen atoms in total. The van der Waals surface area contributed by atoms with Crippen LogP contribution >= 0.6 is 0 Å². The molecule has 0 saturated carbocycles. The number of amides is 1. The van der Waals surface area contributed by atoms with E-state index in [1.165, 1.54) is 6.07 Å². The molecule has 0 bridgehead atoms. The van der Waals surface area contributed by atoms with Crippen molar-refractivity contribution in [2.45, 2.75) is 13.8 Å². The lowest BCUT2D eigenvalue weighted by Crippen LogP contribution is -2.13. The van der Waals surface area contributed by atoms with E-state index in [0.29, 0.717) is 11.4 Å². The average Bonchev–Trinajstić information content (AvgIpc) is 2.49. The van der Waals surface area contributed by atoms with Gasteiger partial charge in [-0.3, -0.25) is 10.1 Å². The number of aryl methyl sites for hydroxylation is 1. The van der Waals surface area contributed by atoms with Crippen LogP contribution in [0.1, 0.15) is 12.5 Å². The van der Waals surface area contributed by atoms with Crippen molar-refractivity contribution in [1.29, 1.82) is 0 Å². The number of benzene rings is 1. The van der Waals surface area contributed by atoms with Crippen LogP contribution in [0.25, 0.3) is 11.3 Å². The quantitative estimate of drug-likeness (QED) is 0.852. The van der Waals surface area contributed by atoms with Gasteiger partial charge in [0.1, 0.15) is 0 Å². The zero-order chi connectivity index (χ0) is 15.9. The Morgan fingerprint density at radius 1 is 1.36 bits per heavy atom. The van der Waals surface area contributed by atoms with Gasteiger partial charge in [0.15, 0.2) is 6.61 Å². The lowest BCUT2D eigenvalue weighted by atomic mass is 10.1. The molecular weight excluding hydrogens is 282 g/mol. The Morgan fingerprint density at radius 2 is 2.09 bits per heavy atom. The summed E-state index contributed by atoms with van der Waals surface area (Å²) in [6.07, 6.45) is -0.561. The normalized spacial score (nSPS) is 9.55. The maximum absolute atomic E-state index is 11.5. The molecule has 0 aliphatic rings. The largest absolute Gasteiger partial charge is 0.436 e. The molecule has 0 saturated heterocycles. The van der Waals surface area contributed by atoms with Gasteiger partial charge in [-0.2, -0.15) is 5.10 Å². The molecule has 2 rings (SSSR count). The predicted octanol–water partition coefficient (Wildman–Crippen LogP) is 2.32. The Balaban J connectivity index is 2.08. The van der Waals surface area contributed by atoms with Crippen LogP contribution in [0.3, 0.4) is 0 Å². The number of hydrogen-bond donors (Lipinski definition) is 2. The van der Waals surface area contributed by atoms with E-state index in [1.54, 1.807) is 31.2 Å². The smallest absolute Gasteiger partial charge is 0.412 e. The molecule has 2 aromatic rings. The number of hydrogen-bond acceptors (Lipinski definition) is 4. The zero-order valence-corrected chi connectivity index (χ0v) is 12.3. The molecule has 1 amide bonds. The van der Waals surface area contributed by atoms with E-state index in [-0.39, 0.29) is 12.2 Å². The maximum Gasteiger partial charge on any atom is 0.412 e. The van der Waals surface area contributed by atoms with Crippen LogP contribution in [0.5, 0.6) is 0 Å². The number of H-pyrrole nitrogens is 1. The molecule has 1 aromatic carbocycles. The maximum atomic E-state index is 11.5. The summed E-state index contributed by atoms with van der Waals surface area (Å²) in [5.41, 5.74) is 2.66. The number of aromatic amines is 1. The van der Waals surface area contributed by atoms with Gasteiger partial charge in [0, 0.05) is 17.3 Å². The number of nitrogens with one attached hydrogen (secondary N) is 2. The third kappa shape index (κ3) is 3.96. The SMILES string of the molecule is CC#CCOC(=O)Nc1ccc(-c2n[nH]c(=O)cc2C)cc1. The minimum absolute atomic E-state index is 0.0565. The van der Waals surface area contributed by atoms with E-state index in [4.69, 9.17) is 4.74 Å². The van der Waals surface area contributed by atoms with Crippen LogP contribution in [0.4, 0.5) is 10.5 Å². The first-order valence-corrected chi connectivity index (χ1v) is 6.60. The first kappa shape index (κ1) is 15.3. The van der Waals surface area contributed by atoms with Crippen LogP contribution in [0.15, 0.2) is 35.1 Å². The van der Waals surface area contributed by atoms with Gasteiger partial charge < -0.3 is 4.74 Å². The molecule has 1 heterocycles. The molecule has 0 aliphatic heterocycles. The summed E-state index contributed by atoms with van der Waals surface area (Å²) in [7, 11) is 0. The van der Waals surface area contributed by atoms with E-state index >= 15 is 0 Å². The van der Waals surface area contributed by atoms with E-state index < -0.39 is 6.09 Å². The van der Waals surface area contributed by atoms with E-state index in [2.05, 4.69) is 27.4 Å². The van der Waals surface area contributed by atoms with Crippen molar-refractivity contribution in [2.75, 3.05) is 11.9 Å². The van der Waals surface area contributed by atoms with Gasteiger partial charge in [-0.15, -0.1) is 5.92 Å². The minimum Gasteiger partial charge on any atom is -0.436 e. The molecule has 2 N–H and O–H groups in total. The first-order chi connectivity index (χ1) is 10.6. The monoisotopic (exact) mass is 297 g/mol. The highest BCUT2D eigenvalue weighted by Gasteiger charge is 2.06. The van der Waals surface area contributed by atoms with Crippen molar-refractivity contribution in [2.24, 2.45) is 0 Å². The molecule has 0 unspecified atom stereocenters. The van der Waals surface area contributed by atoms with E-state index in [0.717, 1.165) is 11.1 Å². The average molecular weight is 297 g/mol. The third-order valence-electron chi connectivity index (χ3n) is 2.86. The Bertz CT molecular complexity index is 783. The van der Waals surface area contributed by atoms with Gasteiger partial charge in [0.2, 0.25) is 0 Å². The number of carbonyl (C=O) groups is 1. The number of rotatable bonds is 3. The van der Waals surface area contributed by atoms with Crippen molar-refractivity contribution in [3.8, 4) is 23.1 Å². The van der Waals surface area contributed by atoms with Crippen molar-refractivity contribution < 1.29 is 9.53 Å². The predicted molar refractivity (Wildman–Crippen MR) is 83.5 cm³/mol. The lowest BCUT2D eigenvalue weighted by molar-refractivity contribution is 0.176. The van der Waals surface area contributed by atoms with Gasteiger partial charge in [-0.05, 0) is 31.5 Å². The summed E-state index contributed by atoms with van der Waals surface area (Å²) in [6, 6.07) is 8.55. The highest BCUT2D eigenvalue weighted by atomic mass is 16.5. The Kier molecular flexibility index (Phi) is 4.94. The molecule has 6 heteroatoms. The molecule has 1 aromatic heterocycles. The Morgan fingerprint density at radius 3 is 2.73 bits per heavy atom. The summed E-state index contributed by atoms with van der Waals surface area (Å²) < 4.78 is 4.86. The van der Waals surface area contributed by atoms with Crippen LogP contribution in [0.2, 0.25) is 0 Å².